The molecule has 2 amide bonds. The van der Waals surface area contributed by atoms with Gasteiger partial charge in [-0.3, -0.25) is 14.5 Å². The van der Waals surface area contributed by atoms with Crippen molar-refractivity contribution in [2.24, 2.45) is 5.16 Å². The largest absolute Gasteiger partial charge is 0.477 e. The van der Waals surface area contributed by atoms with E-state index in [1.807, 2.05) is 0 Å². The topological polar surface area (TPSA) is 181 Å². The molecule has 0 bridgehead atoms. The SMILES string of the molecule is CO/N=C(\C(=O)NC1C(=O)N2C(C(=O)O)=C(S/C=C\CS(C)(=O)=O)CS[C@H]12)c1nc(N)sc1Br. The van der Waals surface area contributed by atoms with Crippen LogP contribution in [0.25, 0.3) is 0 Å². The molecular formula is C17H18BrN5O7S4. The number of β-lactam (4-membered cyclic amide) rings is 1. The van der Waals surface area contributed by atoms with E-state index in [4.69, 9.17) is 10.6 Å². The Kier molecular flexibility index (Phi) is 8.33. The molecule has 1 aromatic rings. The van der Waals surface area contributed by atoms with Gasteiger partial charge < -0.3 is 21.0 Å². The lowest BCUT2D eigenvalue weighted by atomic mass is 10.0. The fourth-order valence-electron chi connectivity index (χ4n) is 2.98. The molecule has 34 heavy (non-hydrogen) atoms. The van der Waals surface area contributed by atoms with Crippen molar-refractivity contribution in [1.82, 2.24) is 15.2 Å². The second-order valence-corrected chi connectivity index (χ2v) is 13.5. The summed E-state index contributed by atoms with van der Waals surface area (Å²) in [5.41, 5.74) is 5.42. The summed E-state index contributed by atoms with van der Waals surface area (Å²) in [7, 11) is -1.95. The number of aliphatic carboxylic acids is 1. The molecule has 1 saturated heterocycles. The molecule has 2 aliphatic rings. The van der Waals surface area contributed by atoms with E-state index in [2.05, 4.69) is 31.4 Å². The van der Waals surface area contributed by atoms with Crippen LogP contribution in [0, 0.1) is 0 Å². The van der Waals surface area contributed by atoms with E-state index in [9.17, 15) is 27.9 Å². The minimum atomic E-state index is -3.20. The lowest BCUT2D eigenvalue weighted by molar-refractivity contribution is -0.150. The highest BCUT2D eigenvalue weighted by Crippen LogP contribution is 2.43. The van der Waals surface area contributed by atoms with Crippen LogP contribution >= 0.6 is 50.8 Å². The van der Waals surface area contributed by atoms with E-state index in [0.29, 0.717) is 8.69 Å². The van der Waals surface area contributed by atoms with Crippen molar-refractivity contribution < 1.29 is 32.7 Å². The van der Waals surface area contributed by atoms with Gasteiger partial charge in [-0.15, -0.1) is 11.8 Å². The smallest absolute Gasteiger partial charge is 0.353 e. The van der Waals surface area contributed by atoms with Crippen LogP contribution in [0.1, 0.15) is 5.69 Å². The molecule has 0 saturated carbocycles. The number of halogens is 1. The van der Waals surface area contributed by atoms with Crippen molar-refractivity contribution in [2.75, 3.05) is 30.6 Å². The number of nitrogen functional groups attached to an aromatic ring is 1. The van der Waals surface area contributed by atoms with Crippen LogP contribution in [0.4, 0.5) is 5.13 Å². The summed E-state index contributed by atoms with van der Waals surface area (Å²) in [6.45, 7) is 0. The average molecular weight is 613 g/mol. The molecule has 3 rings (SSSR count). The summed E-state index contributed by atoms with van der Waals surface area (Å²) in [5.74, 6) is -2.57. The van der Waals surface area contributed by atoms with Gasteiger partial charge in [-0.2, -0.15) is 0 Å². The van der Waals surface area contributed by atoms with E-state index < -0.39 is 39.0 Å². The van der Waals surface area contributed by atoms with Gasteiger partial charge in [-0.1, -0.05) is 34.3 Å². The Bertz CT molecular complexity index is 1230. The predicted molar refractivity (Wildman–Crippen MR) is 134 cm³/mol. The first-order valence-corrected chi connectivity index (χ1v) is 14.8. The van der Waals surface area contributed by atoms with Crippen LogP contribution in [0.2, 0.25) is 0 Å². The number of anilines is 1. The van der Waals surface area contributed by atoms with Gasteiger partial charge in [0.15, 0.2) is 20.7 Å². The normalized spacial score (nSPS) is 20.9. The third kappa shape index (κ3) is 5.76. The predicted octanol–water partition coefficient (Wildman–Crippen LogP) is 0.826. The number of nitrogens with zero attached hydrogens (tertiary/aromatic N) is 3. The number of amides is 2. The number of thiazole rings is 1. The molecule has 4 N–H and O–H groups in total. The van der Waals surface area contributed by atoms with Gasteiger partial charge in [0, 0.05) is 16.9 Å². The maximum Gasteiger partial charge on any atom is 0.353 e. The molecular weight excluding hydrogens is 594 g/mol. The van der Waals surface area contributed by atoms with E-state index in [-0.39, 0.29) is 33.7 Å². The maximum atomic E-state index is 12.9. The fraction of sp³-hybridized carbons (Fsp3) is 0.353. The quantitative estimate of drug-likeness (QED) is 0.204. The monoisotopic (exact) mass is 611 g/mol. The standard InChI is InChI=1S/C17H18BrN5O7S4/c1-30-22-9(8-12(18)33-17(19)21-8)13(24)20-10-14(25)23-11(16(26)27)7(6-32-15(10)23)31-4-3-5-34(2,28)29/h3-4,10,15H,5-6H2,1-2H3,(H2,19,21)(H,20,24)(H,26,27)/b4-3-,22-9-/t10?,15-/m1/s1. The number of carbonyl (C=O) groups is 3. The number of hydrogen-bond donors (Lipinski definition) is 3. The van der Waals surface area contributed by atoms with Crippen molar-refractivity contribution in [3.05, 3.63) is 31.6 Å². The molecule has 1 unspecified atom stereocenters. The zero-order chi connectivity index (χ0) is 25.2. The summed E-state index contributed by atoms with van der Waals surface area (Å²) in [6, 6.07) is -0.990. The number of fused-ring (bicyclic) bond motifs is 1. The lowest BCUT2D eigenvalue weighted by Crippen LogP contribution is -2.71. The summed E-state index contributed by atoms with van der Waals surface area (Å²) in [4.78, 5) is 47.9. The van der Waals surface area contributed by atoms with Gasteiger partial charge in [-0.05, 0) is 21.3 Å². The molecule has 0 spiro atoms. The Morgan fingerprint density at radius 3 is 2.76 bits per heavy atom. The molecule has 2 aliphatic heterocycles. The summed E-state index contributed by atoms with van der Waals surface area (Å²) in [6.07, 6.45) is 2.49. The van der Waals surface area contributed by atoms with Crippen molar-refractivity contribution in [1.29, 1.82) is 0 Å². The number of carboxylic acid groups (broad SMARTS) is 1. The molecule has 184 valence electrons. The molecule has 0 aromatic carbocycles. The molecule has 12 nitrogen and oxygen atoms in total. The number of thioether (sulfide) groups is 2. The first kappa shape index (κ1) is 26.5. The van der Waals surface area contributed by atoms with E-state index in [1.54, 1.807) is 0 Å². The second-order valence-electron chi connectivity index (χ2n) is 6.82. The molecule has 2 atom stereocenters. The minimum absolute atomic E-state index is 0.146. The first-order valence-electron chi connectivity index (χ1n) is 9.19. The second kappa shape index (κ2) is 10.7. The van der Waals surface area contributed by atoms with Gasteiger partial charge in [0.1, 0.15) is 33.7 Å². The van der Waals surface area contributed by atoms with Crippen molar-refractivity contribution >= 4 is 89.3 Å². The molecule has 17 heteroatoms. The minimum Gasteiger partial charge on any atom is -0.477 e. The first-order chi connectivity index (χ1) is 15.9. The zero-order valence-corrected chi connectivity index (χ0v) is 22.4. The highest BCUT2D eigenvalue weighted by atomic mass is 79.9. The average Bonchev–Trinajstić information content (AvgIpc) is 3.09. The number of carboxylic acids is 1. The van der Waals surface area contributed by atoms with Crippen LogP contribution in [-0.2, 0) is 29.1 Å². The van der Waals surface area contributed by atoms with Crippen LogP contribution < -0.4 is 11.1 Å². The molecule has 0 radical (unpaired) electrons. The number of carbonyl (C=O) groups excluding carboxylic acids is 2. The number of aromatic nitrogens is 1. The summed E-state index contributed by atoms with van der Waals surface area (Å²) in [5, 5.41) is 17.0. The molecule has 3 heterocycles. The maximum absolute atomic E-state index is 12.9. The Balaban J connectivity index is 1.77. The highest BCUT2D eigenvalue weighted by Gasteiger charge is 2.54. The molecule has 1 aromatic heterocycles. The van der Waals surface area contributed by atoms with Gasteiger partial charge in [0.2, 0.25) is 0 Å². The fourth-order valence-corrected chi connectivity index (χ4v) is 7.21. The van der Waals surface area contributed by atoms with Gasteiger partial charge in [0.05, 0.1) is 5.75 Å². The highest BCUT2D eigenvalue weighted by molar-refractivity contribution is 9.11. The Morgan fingerprint density at radius 1 is 1.50 bits per heavy atom. The van der Waals surface area contributed by atoms with Crippen LogP contribution in [0.3, 0.4) is 0 Å². The number of oxime groups is 1. The summed E-state index contributed by atoms with van der Waals surface area (Å²) >= 11 is 6.65. The van der Waals surface area contributed by atoms with E-state index in [1.165, 1.54) is 30.4 Å². The Morgan fingerprint density at radius 2 is 2.21 bits per heavy atom. The third-order valence-electron chi connectivity index (χ3n) is 4.35. The van der Waals surface area contributed by atoms with Crippen molar-refractivity contribution in [2.45, 2.75) is 11.4 Å². The number of sulfone groups is 1. The van der Waals surface area contributed by atoms with Crippen LogP contribution in [-0.4, -0.2) is 83.2 Å². The van der Waals surface area contributed by atoms with Crippen molar-refractivity contribution in [3.8, 4) is 0 Å². The van der Waals surface area contributed by atoms with Gasteiger partial charge >= 0.3 is 5.97 Å². The number of nitrogens with one attached hydrogen (secondary N) is 1. The lowest BCUT2D eigenvalue weighted by Gasteiger charge is -2.49. The number of hydrogen-bond acceptors (Lipinski definition) is 12. The Hall–Kier alpha value is -2.08. The van der Waals surface area contributed by atoms with Crippen LogP contribution in [0.15, 0.2) is 31.0 Å². The van der Waals surface area contributed by atoms with Gasteiger partial charge in [-0.25, -0.2) is 18.2 Å². The molecule has 1 fully saturated rings. The number of rotatable bonds is 9. The number of nitrogens with two attached hydrogens (primary N) is 1. The van der Waals surface area contributed by atoms with E-state index >= 15 is 0 Å². The zero-order valence-electron chi connectivity index (χ0n) is 17.6. The van der Waals surface area contributed by atoms with Crippen molar-refractivity contribution in [3.63, 3.8) is 0 Å². The van der Waals surface area contributed by atoms with E-state index in [0.717, 1.165) is 34.3 Å². The van der Waals surface area contributed by atoms with Gasteiger partial charge in [0.25, 0.3) is 11.8 Å². The molecule has 0 aliphatic carbocycles. The van der Waals surface area contributed by atoms with Crippen LogP contribution in [0.5, 0.6) is 0 Å². The third-order valence-corrected chi connectivity index (χ3v) is 9.10. The summed E-state index contributed by atoms with van der Waals surface area (Å²) < 4.78 is 22.9. The Labute approximate surface area is 215 Å².